The monoisotopic (exact) mass is 470 g/mol. The summed E-state index contributed by atoms with van der Waals surface area (Å²) < 4.78 is 11.6. The number of unbranched alkanes of at least 4 members (excludes halogenated alkanes) is 7. The lowest BCUT2D eigenvalue weighted by Gasteiger charge is -2.21. The van der Waals surface area contributed by atoms with Crippen molar-refractivity contribution in [2.75, 3.05) is 13.2 Å². The van der Waals surface area contributed by atoms with Crippen molar-refractivity contribution in [1.82, 2.24) is 9.97 Å². The Labute approximate surface area is 203 Å². The lowest BCUT2D eigenvalue weighted by atomic mass is 10.1. The van der Waals surface area contributed by atoms with E-state index in [1.54, 1.807) is 0 Å². The van der Waals surface area contributed by atoms with Gasteiger partial charge in [-0.15, -0.1) is 0 Å². The SMILES string of the molecule is CCCCCCCCOc1ncc(-c2ccc(OCCCC[Si](C)(C)CCCC)cc2)cn1. The molecule has 1 aromatic heterocycles. The van der Waals surface area contributed by atoms with E-state index in [1.807, 2.05) is 24.5 Å². The number of hydrogen-bond acceptors (Lipinski definition) is 4. The van der Waals surface area contributed by atoms with Gasteiger partial charge in [-0.1, -0.05) is 103 Å². The predicted molar refractivity (Wildman–Crippen MR) is 143 cm³/mol. The highest BCUT2D eigenvalue weighted by molar-refractivity contribution is 6.77. The van der Waals surface area contributed by atoms with Crippen LogP contribution in [0.4, 0.5) is 0 Å². The van der Waals surface area contributed by atoms with Gasteiger partial charge < -0.3 is 9.47 Å². The summed E-state index contributed by atoms with van der Waals surface area (Å²) >= 11 is 0. The molecule has 2 rings (SSSR count). The highest BCUT2D eigenvalue weighted by Crippen LogP contribution is 2.23. The average Bonchev–Trinajstić information content (AvgIpc) is 2.83. The molecule has 5 heteroatoms. The van der Waals surface area contributed by atoms with Gasteiger partial charge in [0.25, 0.3) is 0 Å². The Morgan fingerprint density at radius 1 is 0.636 bits per heavy atom. The largest absolute Gasteiger partial charge is 0.494 e. The lowest BCUT2D eigenvalue weighted by Crippen LogP contribution is -2.24. The van der Waals surface area contributed by atoms with Crippen molar-refractivity contribution in [3.05, 3.63) is 36.7 Å². The van der Waals surface area contributed by atoms with E-state index in [0.717, 1.165) is 36.3 Å². The molecule has 0 radical (unpaired) electrons. The second-order valence-electron chi connectivity index (χ2n) is 9.97. The molecule has 0 atom stereocenters. The maximum absolute atomic E-state index is 5.96. The molecular weight excluding hydrogens is 424 g/mol. The summed E-state index contributed by atoms with van der Waals surface area (Å²) in [5.74, 6) is 0.932. The summed E-state index contributed by atoms with van der Waals surface area (Å²) in [6, 6.07) is 11.6. The number of aromatic nitrogens is 2. The van der Waals surface area contributed by atoms with Crippen molar-refractivity contribution in [1.29, 1.82) is 0 Å². The van der Waals surface area contributed by atoms with Crippen LogP contribution in [0.1, 0.15) is 78.1 Å². The Bertz CT molecular complexity index is 747. The van der Waals surface area contributed by atoms with E-state index in [9.17, 15) is 0 Å². The van der Waals surface area contributed by atoms with Crippen molar-refractivity contribution < 1.29 is 9.47 Å². The smallest absolute Gasteiger partial charge is 0.316 e. The fourth-order valence-electron chi connectivity index (χ4n) is 4.01. The van der Waals surface area contributed by atoms with Gasteiger partial charge in [0.2, 0.25) is 0 Å². The zero-order valence-corrected chi connectivity index (χ0v) is 22.6. The van der Waals surface area contributed by atoms with E-state index in [1.165, 1.54) is 63.5 Å². The van der Waals surface area contributed by atoms with Crippen molar-refractivity contribution in [2.24, 2.45) is 0 Å². The highest BCUT2D eigenvalue weighted by Gasteiger charge is 2.18. The topological polar surface area (TPSA) is 44.2 Å². The van der Waals surface area contributed by atoms with Crippen LogP contribution in [0.2, 0.25) is 25.2 Å². The maximum Gasteiger partial charge on any atom is 0.316 e. The molecule has 0 bridgehead atoms. The fraction of sp³-hybridized carbons (Fsp3) is 0.643. The first-order valence-corrected chi connectivity index (χ1v) is 16.6. The van der Waals surface area contributed by atoms with E-state index in [2.05, 4.69) is 49.0 Å². The first-order chi connectivity index (χ1) is 16.0. The zero-order valence-electron chi connectivity index (χ0n) is 21.6. The van der Waals surface area contributed by atoms with Crippen LogP contribution >= 0.6 is 0 Å². The van der Waals surface area contributed by atoms with E-state index in [-0.39, 0.29) is 0 Å². The zero-order chi connectivity index (χ0) is 23.8. The normalized spacial score (nSPS) is 11.5. The summed E-state index contributed by atoms with van der Waals surface area (Å²) in [4.78, 5) is 8.74. The van der Waals surface area contributed by atoms with Gasteiger partial charge in [-0.2, -0.15) is 0 Å². The molecule has 0 aliphatic rings. The van der Waals surface area contributed by atoms with Crippen LogP contribution in [0.15, 0.2) is 36.7 Å². The van der Waals surface area contributed by atoms with Gasteiger partial charge in [-0.05, 0) is 30.5 Å². The second-order valence-corrected chi connectivity index (χ2v) is 15.3. The third-order valence-corrected chi connectivity index (χ3v) is 9.68. The van der Waals surface area contributed by atoms with Crippen molar-refractivity contribution in [2.45, 2.75) is 103 Å². The predicted octanol–water partition coefficient (Wildman–Crippen LogP) is 8.55. The Kier molecular flexibility index (Phi) is 13.2. The maximum atomic E-state index is 5.96. The van der Waals surface area contributed by atoms with Gasteiger partial charge >= 0.3 is 6.01 Å². The summed E-state index contributed by atoms with van der Waals surface area (Å²) in [7, 11) is -0.995. The first kappa shape index (κ1) is 27.4. The van der Waals surface area contributed by atoms with Crippen LogP contribution in [0.25, 0.3) is 11.1 Å². The molecule has 0 fully saturated rings. The van der Waals surface area contributed by atoms with Crippen LogP contribution in [0.5, 0.6) is 11.8 Å². The number of nitrogens with zero attached hydrogens (tertiary/aromatic N) is 2. The molecule has 0 saturated heterocycles. The van der Waals surface area contributed by atoms with Crippen LogP contribution < -0.4 is 9.47 Å². The quantitative estimate of drug-likeness (QED) is 0.162. The van der Waals surface area contributed by atoms with E-state index in [4.69, 9.17) is 9.47 Å². The third kappa shape index (κ3) is 11.7. The minimum atomic E-state index is -0.995. The van der Waals surface area contributed by atoms with Crippen molar-refractivity contribution in [3.63, 3.8) is 0 Å². The molecule has 0 aliphatic heterocycles. The molecule has 33 heavy (non-hydrogen) atoms. The fourth-order valence-corrected chi connectivity index (χ4v) is 6.77. The number of hydrogen-bond donors (Lipinski definition) is 0. The Morgan fingerprint density at radius 3 is 1.91 bits per heavy atom. The van der Waals surface area contributed by atoms with E-state index in [0.29, 0.717) is 12.6 Å². The van der Waals surface area contributed by atoms with Gasteiger partial charge in [0.1, 0.15) is 5.75 Å². The van der Waals surface area contributed by atoms with Crippen molar-refractivity contribution >= 4 is 8.07 Å². The molecule has 0 N–H and O–H groups in total. The Balaban J connectivity index is 1.66. The molecular formula is C28H46N2O2Si. The minimum Gasteiger partial charge on any atom is -0.494 e. The number of ether oxygens (including phenoxy) is 2. The minimum absolute atomic E-state index is 0.466. The van der Waals surface area contributed by atoms with Crippen LogP contribution in [0, 0.1) is 0 Å². The van der Waals surface area contributed by atoms with Gasteiger partial charge in [-0.25, -0.2) is 9.97 Å². The van der Waals surface area contributed by atoms with Gasteiger partial charge in [0.15, 0.2) is 0 Å². The van der Waals surface area contributed by atoms with Crippen LogP contribution in [0.3, 0.4) is 0 Å². The number of rotatable bonds is 18. The Morgan fingerprint density at radius 2 is 1.21 bits per heavy atom. The van der Waals surface area contributed by atoms with Crippen molar-refractivity contribution in [3.8, 4) is 22.9 Å². The molecule has 0 unspecified atom stereocenters. The average molecular weight is 471 g/mol. The molecule has 0 amide bonds. The molecule has 2 aromatic rings. The first-order valence-electron chi connectivity index (χ1n) is 13.2. The van der Waals surface area contributed by atoms with E-state index >= 15 is 0 Å². The summed E-state index contributed by atoms with van der Waals surface area (Å²) in [6.07, 6.45) is 16.3. The highest BCUT2D eigenvalue weighted by atomic mass is 28.3. The Hall–Kier alpha value is -1.88. The summed E-state index contributed by atoms with van der Waals surface area (Å²) in [5.41, 5.74) is 2.08. The molecule has 0 aliphatic carbocycles. The molecule has 184 valence electrons. The van der Waals surface area contributed by atoms with E-state index < -0.39 is 8.07 Å². The summed E-state index contributed by atoms with van der Waals surface area (Å²) in [6.45, 7) is 11.1. The van der Waals surface area contributed by atoms with Crippen LogP contribution in [-0.2, 0) is 0 Å². The molecule has 0 saturated carbocycles. The molecule has 1 heterocycles. The standard InChI is InChI=1S/C28H46N2O2Si/c1-5-7-9-10-11-12-20-32-28-29-23-26(24-30-28)25-15-17-27(18-16-25)31-19-13-14-22-33(3,4)21-8-6-2/h15-18,23-24H,5-14,19-22H2,1-4H3. The van der Waals surface area contributed by atoms with Gasteiger partial charge in [0, 0.05) is 26.0 Å². The van der Waals surface area contributed by atoms with Gasteiger partial charge in [0.05, 0.1) is 13.2 Å². The second kappa shape index (κ2) is 15.9. The van der Waals surface area contributed by atoms with Crippen LogP contribution in [-0.4, -0.2) is 31.3 Å². The number of benzene rings is 1. The molecule has 0 spiro atoms. The third-order valence-electron chi connectivity index (χ3n) is 6.27. The molecule has 4 nitrogen and oxygen atoms in total. The summed E-state index contributed by atoms with van der Waals surface area (Å²) in [5, 5.41) is 0. The molecule has 1 aromatic carbocycles. The van der Waals surface area contributed by atoms with Gasteiger partial charge in [-0.3, -0.25) is 0 Å². The lowest BCUT2D eigenvalue weighted by molar-refractivity contribution is 0.281.